The van der Waals surface area contributed by atoms with Gasteiger partial charge in [-0.05, 0) is 12.2 Å². The van der Waals surface area contributed by atoms with E-state index < -0.39 is 15.2 Å². The van der Waals surface area contributed by atoms with Gasteiger partial charge >= 0.3 is 5.97 Å². The highest BCUT2D eigenvalue weighted by atomic mass is 79.9. The maximum Gasteiger partial charge on any atom is 0.326 e. The Balaban J connectivity index is 2.82. The largest absolute Gasteiger partial charge is 0.468 e. The van der Waals surface area contributed by atoms with E-state index in [9.17, 15) is 14.9 Å². The number of carbonyl (C=O) groups is 1. The van der Waals surface area contributed by atoms with Gasteiger partial charge in [0.2, 0.25) is 0 Å². The molecule has 0 saturated heterocycles. The van der Waals surface area contributed by atoms with Crippen LogP contribution >= 0.6 is 15.9 Å². The smallest absolute Gasteiger partial charge is 0.326 e. The molecule has 6 heteroatoms. The third kappa shape index (κ3) is 2.01. The minimum absolute atomic E-state index is 0.0102. The Kier molecular flexibility index (Phi) is 3.05. The lowest BCUT2D eigenvalue weighted by Gasteiger charge is -2.20. The average molecular weight is 262 g/mol. The van der Waals surface area contributed by atoms with Gasteiger partial charge in [-0.15, -0.1) is 0 Å². The Morgan fingerprint density at radius 3 is 2.79 bits per heavy atom. The summed E-state index contributed by atoms with van der Waals surface area (Å²) in [5.74, 6) is -0.465. The van der Waals surface area contributed by atoms with Gasteiger partial charge < -0.3 is 4.74 Å². The molecule has 1 unspecified atom stereocenters. The number of carbonyl (C=O) groups excluding carboxylic acids is 1. The molecule has 0 aromatic rings. The van der Waals surface area contributed by atoms with Gasteiger partial charge in [-0.2, -0.15) is 0 Å². The molecule has 0 heterocycles. The highest BCUT2D eigenvalue weighted by Crippen LogP contribution is 2.31. The Bertz CT molecular complexity index is 336. The summed E-state index contributed by atoms with van der Waals surface area (Å²) in [5.41, 5.74) is -0.0102. The van der Waals surface area contributed by atoms with E-state index in [-0.39, 0.29) is 12.1 Å². The zero-order chi connectivity index (χ0) is 10.8. The highest BCUT2D eigenvalue weighted by Gasteiger charge is 2.36. The molecule has 1 aliphatic rings. The fourth-order valence-electron chi connectivity index (χ4n) is 1.06. The highest BCUT2D eigenvalue weighted by molar-refractivity contribution is 9.10. The van der Waals surface area contributed by atoms with Crippen molar-refractivity contribution in [3.05, 3.63) is 34.0 Å². The zero-order valence-electron chi connectivity index (χ0n) is 7.40. The molecule has 14 heavy (non-hydrogen) atoms. The molecule has 0 aromatic heterocycles. The minimum atomic E-state index is -0.957. The van der Waals surface area contributed by atoms with Crippen molar-refractivity contribution < 1.29 is 14.5 Å². The number of nitro groups is 1. The summed E-state index contributed by atoms with van der Waals surface area (Å²) in [5, 5.41) is 10.4. The summed E-state index contributed by atoms with van der Waals surface area (Å²) < 4.78 is 3.60. The molecule has 5 nitrogen and oxygen atoms in total. The van der Waals surface area contributed by atoms with E-state index in [1.165, 1.54) is 25.3 Å². The van der Waals surface area contributed by atoms with Crippen molar-refractivity contribution in [2.24, 2.45) is 0 Å². The molecular weight excluding hydrogens is 254 g/mol. The van der Waals surface area contributed by atoms with Crippen molar-refractivity contribution in [3.63, 3.8) is 0 Å². The van der Waals surface area contributed by atoms with Crippen molar-refractivity contribution >= 4 is 21.9 Å². The fraction of sp³-hybridized carbons (Fsp3) is 0.375. The van der Waals surface area contributed by atoms with Gasteiger partial charge in [-0.25, -0.2) is 0 Å². The van der Waals surface area contributed by atoms with E-state index in [1.54, 1.807) is 0 Å². The number of rotatable bonds is 2. The number of esters is 1. The topological polar surface area (TPSA) is 69.4 Å². The van der Waals surface area contributed by atoms with Crippen LogP contribution in [-0.2, 0) is 9.53 Å². The first-order valence-electron chi connectivity index (χ1n) is 3.81. The number of hydrogen-bond donors (Lipinski definition) is 0. The van der Waals surface area contributed by atoms with E-state index in [4.69, 9.17) is 0 Å². The number of hydrogen-bond acceptors (Lipinski definition) is 4. The number of allylic oxidation sites excluding steroid dienone is 2. The normalized spacial score (nSPS) is 25.4. The second kappa shape index (κ2) is 3.91. The molecule has 0 aliphatic heterocycles. The van der Waals surface area contributed by atoms with E-state index in [0.29, 0.717) is 0 Å². The van der Waals surface area contributed by atoms with Crippen molar-refractivity contribution in [3.8, 4) is 0 Å². The molecule has 0 radical (unpaired) electrons. The van der Waals surface area contributed by atoms with Gasteiger partial charge in [0.15, 0.2) is 0 Å². The van der Waals surface area contributed by atoms with E-state index in [1.807, 2.05) is 0 Å². The lowest BCUT2D eigenvalue weighted by atomic mass is 9.99. The molecule has 0 amide bonds. The number of ether oxygens (including phenoxy) is 1. The summed E-state index contributed by atoms with van der Waals surface area (Å²) in [6.07, 6.45) is 4.31. The molecule has 0 spiro atoms. The monoisotopic (exact) mass is 261 g/mol. The average Bonchev–Trinajstić information content (AvgIpc) is 2.17. The van der Waals surface area contributed by atoms with E-state index >= 15 is 0 Å². The Morgan fingerprint density at radius 2 is 2.43 bits per heavy atom. The van der Waals surface area contributed by atoms with Gasteiger partial charge in [0.25, 0.3) is 5.70 Å². The van der Waals surface area contributed by atoms with Gasteiger partial charge in [-0.3, -0.25) is 14.9 Å². The van der Waals surface area contributed by atoms with Gasteiger partial charge in [-0.1, -0.05) is 15.9 Å². The first kappa shape index (κ1) is 10.9. The maximum atomic E-state index is 11.2. The van der Waals surface area contributed by atoms with Crippen LogP contribution in [0.25, 0.3) is 0 Å². The Labute approximate surface area is 88.7 Å². The second-order valence-corrected chi connectivity index (χ2v) is 4.19. The molecule has 76 valence electrons. The van der Waals surface area contributed by atoms with Crippen molar-refractivity contribution in [1.82, 2.24) is 0 Å². The predicted octanol–water partition coefficient (Wildman–Crippen LogP) is 1.41. The lowest BCUT2D eigenvalue weighted by molar-refractivity contribution is -0.419. The SMILES string of the molecule is COC(=O)C1(Br)C=CC([N+](=O)[O-])=CC1. The summed E-state index contributed by atoms with van der Waals surface area (Å²) >= 11 is 3.17. The molecule has 0 aromatic carbocycles. The zero-order valence-corrected chi connectivity index (χ0v) is 8.98. The van der Waals surface area contributed by atoms with Crippen LogP contribution in [0.15, 0.2) is 23.9 Å². The fourth-order valence-corrected chi connectivity index (χ4v) is 1.52. The van der Waals surface area contributed by atoms with Crippen LogP contribution in [0, 0.1) is 10.1 Å². The van der Waals surface area contributed by atoms with Crippen LogP contribution < -0.4 is 0 Å². The summed E-state index contributed by atoms with van der Waals surface area (Å²) in [4.78, 5) is 21.1. The van der Waals surface area contributed by atoms with E-state index in [0.717, 1.165) is 0 Å². The van der Waals surface area contributed by atoms with Gasteiger partial charge in [0, 0.05) is 12.5 Å². The van der Waals surface area contributed by atoms with Crippen LogP contribution in [0.2, 0.25) is 0 Å². The van der Waals surface area contributed by atoms with Crippen LogP contribution in [-0.4, -0.2) is 22.3 Å². The molecule has 1 atom stereocenters. The molecule has 0 saturated carbocycles. The number of halogens is 1. The third-order valence-electron chi connectivity index (χ3n) is 1.86. The lowest BCUT2D eigenvalue weighted by Crippen LogP contribution is -2.32. The van der Waals surface area contributed by atoms with Crippen molar-refractivity contribution in [2.75, 3.05) is 7.11 Å². The number of nitrogens with zero attached hydrogens (tertiary/aromatic N) is 1. The van der Waals surface area contributed by atoms with Gasteiger partial charge in [0.1, 0.15) is 4.32 Å². The van der Waals surface area contributed by atoms with Crippen LogP contribution in [0.5, 0.6) is 0 Å². The Hall–Kier alpha value is -1.17. The molecule has 1 aliphatic carbocycles. The molecular formula is C8H8BrNO4. The quantitative estimate of drug-likeness (QED) is 0.326. The summed E-state index contributed by atoms with van der Waals surface area (Å²) in [7, 11) is 1.27. The first-order chi connectivity index (χ1) is 6.49. The second-order valence-electron chi connectivity index (χ2n) is 2.78. The molecule has 1 rings (SSSR count). The van der Waals surface area contributed by atoms with E-state index in [2.05, 4.69) is 20.7 Å². The minimum Gasteiger partial charge on any atom is -0.468 e. The van der Waals surface area contributed by atoms with Crippen molar-refractivity contribution in [1.29, 1.82) is 0 Å². The number of alkyl halides is 1. The van der Waals surface area contributed by atoms with Gasteiger partial charge in [0.05, 0.1) is 12.0 Å². The Morgan fingerprint density at radius 1 is 1.79 bits per heavy atom. The van der Waals surface area contributed by atoms with Crippen LogP contribution in [0.3, 0.4) is 0 Å². The first-order valence-corrected chi connectivity index (χ1v) is 4.60. The van der Waals surface area contributed by atoms with Crippen LogP contribution in [0.4, 0.5) is 0 Å². The van der Waals surface area contributed by atoms with Crippen molar-refractivity contribution in [2.45, 2.75) is 10.7 Å². The molecule has 0 fully saturated rings. The number of methoxy groups -OCH3 is 1. The van der Waals surface area contributed by atoms with Crippen LogP contribution in [0.1, 0.15) is 6.42 Å². The predicted molar refractivity (Wildman–Crippen MR) is 52.5 cm³/mol. The summed E-state index contributed by atoms with van der Waals surface area (Å²) in [6.45, 7) is 0. The summed E-state index contributed by atoms with van der Waals surface area (Å²) in [6, 6.07) is 0. The molecule has 0 bridgehead atoms. The standard InChI is InChI=1S/C8H8BrNO4/c1-14-7(11)8(9)4-2-6(3-5-8)10(12)13/h2-4H,5H2,1H3. The maximum absolute atomic E-state index is 11.2. The molecule has 0 N–H and O–H groups in total. The third-order valence-corrected chi connectivity index (χ3v) is 2.77.